The number of amides is 1. The quantitative estimate of drug-likeness (QED) is 0.791. The molecule has 0 saturated carbocycles. The molecule has 134 valence electrons. The van der Waals surface area contributed by atoms with Gasteiger partial charge in [-0.1, -0.05) is 23.7 Å². The lowest BCUT2D eigenvalue weighted by molar-refractivity contribution is -0.133. The van der Waals surface area contributed by atoms with Gasteiger partial charge >= 0.3 is 0 Å². The van der Waals surface area contributed by atoms with Gasteiger partial charge in [0.2, 0.25) is 5.91 Å². The molecule has 0 aliphatic carbocycles. The average Bonchev–Trinajstić information content (AvgIpc) is 3.05. The molecule has 7 heteroatoms. The number of halogens is 1. The standard InChI is InChI=1S/C18H23ClN4O2/c1-25-17-5-2-15(3-6-17)4-7-18(24)22-10-8-21(9-11-22)14-23-13-16(19)12-20-23/h2-3,5-6,12-13H,4,7-11,14H2,1H3. The Kier molecular flexibility index (Phi) is 5.94. The third-order valence-electron chi connectivity index (χ3n) is 4.46. The second kappa shape index (κ2) is 8.36. The van der Waals surface area contributed by atoms with Crippen molar-refractivity contribution in [3.8, 4) is 5.75 Å². The summed E-state index contributed by atoms with van der Waals surface area (Å²) in [5, 5.41) is 4.84. The Morgan fingerprint density at radius 2 is 1.92 bits per heavy atom. The van der Waals surface area contributed by atoms with Crippen LogP contribution in [0.1, 0.15) is 12.0 Å². The summed E-state index contributed by atoms with van der Waals surface area (Å²) in [6.45, 7) is 3.94. The molecular formula is C18H23ClN4O2. The molecular weight excluding hydrogens is 340 g/mol. The van der Waals surface area contributed by atoms with Gasteiger partial charge in [0, 0.05) is 38.8 Å². The number of carbonyl (C=O) groups excluding carboxylic acids is 1. The van der Waals surface area contributed by atoms with E-state index < -0.39 is 0 Å². The number of methoxy groups -OCH3 is 1. The number of aryl methyl sites for hydroxylation is 1. The van der Waals surface area contributed by atoms with Gasteiger partial charge in [0.05, 0.1) is 25.0 Å². The molecule has 0 N–H and O–H groups in total. The van der Waals surface area contributed by atoms with Gasteiger partial charge in [-0.2, -0.15) is 5.10 Å². The van der Waals surface area contributed by atoms with Crippen LogP contribution < -0.4 is 4.74 Å². The van der Waals surface area contributed by atoms with Crippen molar-refractivity contribution in [3.63, 3.8) is 0 Å². The van der Waals surface area contributed by atoms with Crippen molar-refractivity contribution in [1.82, 2.24) is 19.6 Å². The highest BCUT2D eigenvalue weighted by Crippen LogP contribution is 2.14. The van der Waals surface area contributed by atoms with Crippen LogP contribution in [0, 0.1) is 0 Å². The maximum Gasteiger partial charge on any atom is 0.222 e. The smallest absolute Gasteiger partial charge is 0.222 e. The maximum atomic E-state index is 12.4. The highest BCUT2D eigenvalue weighted by molar-refractivity contribution is 6.30. The van der Waals surface area contributed by atoms with Crippen LogP contribution in [0.3, 0.4) is 0 Å². The first-order valence-electron chi connectivity index (χ1n) is 8.45. The Bertz CT molecular complexity index is 693. The number of carbonyl (C=O) groups is 1. The minimum Gasteiger partial charge on any atom is -0.497 e. The number of hydrogen-bond acceptors (Lipinski definition) is 4. The number of benzene rings is 1. The minimum absolute atomic E-state index is 0.220. The lowest BCUT2D eigenvalue weighted by Gasteiger charge is -2.34. The summed E-state index contributed by atoms with van der Waals surface area (Å²) in [7, 11) is 1.65. The first kappa shape index (κ1) is 17.8. The molecule has 1 saturated heterocycles. The van der Waals surface area contributed by atoms with E-state index in [0.29, 0.717) is 18.1 Å². The van der Waals surface area contributed by atoms with E-state index >= 15 is 0 Å². The van der Waals surface area contributed by atoms with E-state index in [2.05, 4.69) is 10.00 Å². The number of ether oxygens (including phenoxy) is 1. The van der Waals surface area contributed by atoms with E-state index in [0.717, 1.165) is 43.9 Å². The molecule has 6 nitrogen and oxygen atoms in total. The molecule has 0 spiro atoms. The molecule has 2 aromatic rings. The fourth-order valence-electron chi connectivity index (χ4n) is 2.96. The molecule has 0 atom stereocenters. The Labute approximate surface area is 152 Å². The van der Waals surface area contributed by atoms with Gasteiger partial charge < -0.3 is 9.64 Å². The van der Waals surface area contributed by atoms with Gasteiger partial charge in [0.1, 0.15) is 5.75 Å². The summed E-state index contributed by atoms with van der Waals surface area (Å²) >= 11 is 5.88. The Balaban J connectivity index is 1.41. The van der Waals surface area contributed by atoms with Crippen molar-refractivity contribution in [2.75, 3.05) is 33.3 Å². The van der Waals surface area contributed by atoms with Crippen molar-refractivity contribution in [2.45, 2.75) is 19.5 Å². The minimum atomic E-state index is 0.220. The molecule has 1 amide bonds. The van der Waals surface area contributed by atoms with Crippen molar-refractivity contribution in [3.05, 3.63) is 47.2 Å². The van der Waals surface area contributed by atoms with Crippen LogP contribution in [0.2, 0.25) is 5.02 Å². The van der Waals surface area contributed by atoms with Gasteiger partial charge in [-0.3, -0.25) is 14.4 Å². The lowest BCUT2D eigenvalue weighted by atomic mass is 10.1. The molecule has 1 aliphatic heterocycles. The van der Waals surface area contributed by atoms with Crippen molar-refractivity contribution in [2.24, 2.45) is 0 Å². The van der Waals surface area contributed by atoms with Crippen molar-refractivity contribution in [1.29, 1.82) is 0 Å². The lowest BCUT2D eigenvalue weighted by Crippen LogP contribution is -2.49. The van der Waals surface area contributed by atoms with Crippen LogP contribution in [0.15, 0.2) is 36.7 Å². The molecule has 1 fully saturated rings. The third kappa shape index (κ3) is 4.96. The van der Waals surface area contributed by atoms with E-state index in [9.17, 15) is 4.79 Å². The van der Waals surface area contributed by atoms with Crippen LogP contribution in [0.5, 0.6) is 5.75 Å². The first-order valence-corrected chi connectivity index (χ1v) is 8.83. The number of hydrogen-bond donors (Lipinski definition) is 0. The van der Waals surface area contributed by atoms with E-state index in [4.69, 9.17) is 16.3 Å². The Hall–Kier alpha value is -2.05. The number of nitrogens with zero attached hydrogens (tertiary/aromatic N) is 4. The number of aromatic nitrogens is 2. The fraction of sp³-hybridized carbons (Fsp3) is 0.444. The second-order valence-electron chi connectivity index (χ2n) is 6.19. The van der Waals surface area contributed by atoms with Gasteiger partial charge in [-0.15, -0.1) is 0 Å². The van der Waals surface area contributed by atoms with E-state index in [-0.39, 0.29) is 5.91 Å². The van der Waals surface area contributed by atoms with E-state index in [1.807, 2.05) is 40.0 Å². The molecule has 25 heavy (non-hydrogen) atoms. The van der Waals surface area contributed by atoms with Crippen LogP contribution in [-0.4, -0.2) is 58.8 Å². The Morgan fingerprint density at radius 3 is 2.52 bits per heavy atom. The maximum absolute atomic E-state index is 12.4. The topological polar surface area (TPSA) is 50.6 Å². The van der Waals surface area contributed by atoms with Crippen molar-refractivity contribution < 1.29 is 9.53 Å². The van der Waals surface area contributed by atoms with Crippen LogP contribution in [0.4, 0.5) is 0 Å². The molecule has 1 aromatic heterocycles. The zero-order valence-electron chi connectivity index (χ0n) is 14.4. The number of rotatable bonds is 6. The monoisotopic (exact) mass is 362 g/mol. The largest absolute Gasteiger partial charge is 0.497 e. The highest BCUT2D eigenvalue weighted by Gasteiger charge is 2.21. The normalized spacial score (nSPS) is 15.4. The molecule has 3 rings (SSSR count). The second-order valence-corrected chi connectivity index (χ2v) is 6.62. The van der Waals surface area contributed by atoms with Gasteiger partial charge in [-0.05, 0) is 24.1 Å². The molecule has 1 aliphatic rings. The Morgan fingerprint density at radius 1 is 1.20 bits per heavy atom. The summed E-state index contributed by atoms with van der Waals surface area (Å²) in [6.07, 6.45) is 4.75. The average molecular weight is 363 g/mol. The molecule has 2 heterocycles. The van der Waals surface area contributed by atoms with Crippen LogP contribution >= 0.6 is 11.6 Å². The van der Waals surface area contributed by atoms with Crippen LogP contribution in [-0.2, 0) is 17.9 Å². The zero-order valence-corrected chi connectivity index (χ0v) is 15.2. The number of piperazine rings is 1. The molecule has 1 aromatic carbocycles. The van der Waals surface area contributed by atoms with Crippen LogP contribution in [0.25, 0.3) is 0 Å². The predicted octanol–water partition coefficient (Wildman–Crippen LogP) is 2.28. The summed E-state index contributed by atoms with van der Waals surface area (Å²) < 4.78 is 6.97. The molecule has 0 bridgehead atoms. The highest BCUT2D eigenvalue weighted by atomic mass is 35.5. The van der Waals surface area contributed by atoms with Gasteiger partial charge in [-0.25, -0.2) is 0 Å². The summed E-state index contributed by atoms with van der Waals surface area (Å²) in [5.41, 5.74) is 1.16. The third-order valence-corrected chi connectivity index (χ3v) is 4.65. The van der Waals surface area contributed by atoms with Gasteiger partial charge in [0.15, 0.2) is 0 Å². The van der Waals surface area contributed by atoms with E-state index in [1.54, 1.807) is 13.3 Å². The fourth-order valence-corrected chi connectivity index (χ4v) is 3.12. The first-order chi connectivity index (χ1) is 12.1. The molecule has 0 unspecified atom stereocenters. The zero-order chi connectivity index (χ0) is 17.6. The van der Waals surface area contributed by atoms with E-state index in [1.165, 1.54) is 0 Å². The predicted molar refractivity (Wildman–Crippen MR) is 96.7 cm³/mol. The SMILES string of the molecule is COc1ccc(CCC(=O)N2CCN(Cn3cc(Cl)cn3)CC2)cc1. The summed E-state index contributed by atoms with van der Waals surface area (Å²) in [5.74, 6) is 1.06. The summed E-state index contributed by atoms with van der Waals surface area (Å²) in [4.78, 5) is 16.6. The summed E-state index contributed by atoms with van der Waals surface area (Å²) in [6, 6.07) is 7.89. The van der Waals surface area contributed by atoms with Crippen molar-refractivity contribution >= 4 is 17.5 Å². The molecule has 0 radical (unpaired) electrons. The van der Waals surface area contributed by atoms with Gasteiger partial charge in [0.25, 0.3) is 0 Å².